The van der Waals surface area contributed by atoms with E-state index in [0.29, 0.717) is 32.5 Å². The fourth-order valence-electron chi connectivity index (χ4n) is 4.87. The third kappa shape index (κ3) is 5.03. The average molecular weight is 561 g/mol. The summed E-state index contributed by atoms with van der Waals surface area (Å²) in [6.07, 6.45) is 2.64. The van der Waals surface area contributed by atoms with Crippen LogP contribution in [0.1, 0.15) is 46.7 Å². The van der Waals surface area contributed by atoms with Gasteiger partial charge < -0.3 is 11.1 Å². The van der Waals surface area contributed by atoms with E-state index in [0.717, 1.165) is 40.8 Å². The van der Waals surface area contributed by atoms with E-state index in [9.17, 15) is 20.6 Å². The number of fused-ring (bicyclic) bond motifs is 3. The van der Waals surface area contributed by atoms with Gasteiger partial charge in [0.1, 0.15) is 39.6 Å². The van der Waals surface area contributed by atoms with Gasteiger partial charge in [0, 0.05) is 22.6 Å². The van der Waals surface area contributed by atoms with Crippen LogP contribution >= 0.6 is 23.1 Å². The fraction of sp³-hybridized carbons (Fsp3) is 0.194. The number of nitrogens with zero attached hydrogens (tertiary/aromatic N) is 4. The minimum atomic E-state index is -0.230. The van der Waals surface area contributed by atoms with Gasteiger partial charge in [0.15, 0.2) is 0 Å². The summed E-state index contributed by atoms with van der Waals surface area (Å²) in [5, 5.41) is 33.5. The molecule has 0 unspecified atom stereocenters. The molecule has 1 aliphatic carbocycles. The van der Waals surface area contributed by atoms with Crippen LogP contribution in [0.5, 0.6) is 0 Å². The summed E-state index contributed by atoms with van der Waals surface area (Å²) in [4.78, 5) is 18.3. The Balaban J connectivity index is 1.34. The Morgan fingerprint density at radius 3 is 2.45 bits per heavy atom. The van der Waals surface area contributed by atoms with Crippen LogP contribution < -0.4 is 11.1 Å². The van der Waals surface area contributed by atoms with Crippen molar-refractivity contribution in [2.75, 3.05) is 16.8 Å². The molecule has 0 radical (unpaired) electrons. The maximum Gasteiger partial charge on any atom is 0.225 e. The highest BCUT2D eigenvalue weighted by Crippen LogP contribution is 2.45. The molecule has 0 aliphatic heterocycles. The molecule has 0 spiro atoms. The summed E-state index contributed by atoms with van der Waals surface area (Å²) >= 11 is 2.68. The summed E-state index contributed by atoms with van der Waals surface area (Å²) in [6.45, 7) is 2.05. The van der Waals surface area contributed by atoms with Crippen LogP contribution in [0.4, 0.5) is 10.8 Å². The standard InChI is InChI=1S/C31H24N6OS2/c1-2-18-7-9-20(10-8-18)27-24(16-33)29(35)37-30(25(27)17-34)39-14-13-26(38)36-31-23(15-32)22-12-11-19-5-3-4-6-21(19)28(22)40-31/h3-10H,2,11-14H2,1H3,(H2,35,37)(H,36,38). The molecule has 3 N–H and O–H groups in total. The molecule has 0 atom stereocenters. The number of hydrogen-bond donors (Lipinski definition) is 2. The lowest BCUT2D eigenvalue weighted by atomic mass is 9.90. The lowest BCUT2D eigenvalue weighted by molar-refractivity contribution is -0.115. The molecule has 1 amide bonds. The van der Waals surface area contributed by atoms with Crippen molar-refractivity contribution in [3.8, 4) is 39.8 Å². The maximum absolute atomic E-state index is 12.9. The maximum atomic E-state index is 12.9. The first kappa shape index (κ1) is 27.0. The van der Waals surface area contributed by atoms with E-state index < -0.39 is 0 Å². The molecule has 2 aromatic heterocycles. The van der Waals surface area contributed by atoms with Crippen molar-refractivity contribution in [2.24, 2.45) is 0 Å². The number of thioether (sulfide) groups is 1. The van der Waals surface area contributed by atoms with Crippen LogP contribution in [0.25, 0.3) is 21.6 Å². The van der Waals surface area contributed by atoms with E-state index in [1.165, 1.54) is 28.7 Å². The van der Waals surface area contributed by atoms with Crippen LogP contribution in [0.2, 0.25) is 0 Å². The number of nitrogens with one attached hydrogen (secondary N) is 1. The van der Waals surface area contributed by atoms with Gasteiger partial charge in [0.2, 0.25) is 5.91 Å². The second-order valence-electron chi connectivity index (χ2n) is 9.23. The van der Waals surface area contributed by atoms with Crippen molar-refractivity contribution < 1.29 is 4.79 Å². The molecule has 7 nitrogen and oxygen atoms in total. The molecule has 1 aliphatic rings. The molecule has 2 heterocycles. The monoisotopic (exact) mass is 560 g/mol. The number of carbonyl (C=O) groups excluding carboxylic acids is 1. The molecular formula is C31H24N6OS2. The van der Waals surface area contributed by atoms with Crippen molar-refractivity contribution >= 4 is 39.8 Å². The summed E-state index contributed by atoms with van der Waals surface area (Å²) in [5.41, 5.74) is 12.8. The quantitative estimate of drug-likeness (QED) is 0.247. The Hall–Kier alpha value is -4.62. The van der Waals surface area contributed by atoms with E-state index >= 15 is 0 Å². The summed E-state index contributed by atoms with van der Waals surface area (Å²) in [5.74, 6) is 0.153. The predicted molar refractivity (Wildman–Crippen MR) is 159 cm³/mol. The number of pyridine rings is 1. The Kier molecular flexibility index (Phi) is 7.84. The first-order chi connectivity index (χ1) is 19.5. The normalized spacial score (nSPS) is 11.4. The van der Waals surface area contributed by atoms with Gasteiger partial charge in [-0.2, -0.15) is 15.8 Å². The van der Waals surface area contributed by atoms with Crippen molar-refractivity contribution in [3.05, 3.63) is 81.9 Å². The van der Waals surface area contributed by atoms with Gasteiger partial charge >= 0.3 is 0 Å². The van der Waals surface area contributed by atoms with Crippen molar-refractivity contribution in [3.63, 3.8) is 0 Å². The zero-order valence-corrected chi connectivity index (χ0v) is 23.4. The van der Waals surface area contributed by atoms with Gasteiger partial charge in [-0.3, -0.25) is 4.79 Å². The van der Waals surface area contributed by atoms with Crippen molar-refractivity contribution in [2.45, 2.75) is 37.6 Å². The molecule has 0 saturated carbocycles. The number of benzene rings is 2. The van der Waals surface area contributed by atoms with E-state index in [4.69, 9.17) is 5.73 Å². The van der Waals surface area contributed by atoms with Gasteiger partial charge in [0.25, 0.3) is 0 Å². The molecule has 2 aromatic carbocycles. The van der Waals surface area contributed by atoms with Gasteiger partial charge in [0.05, 0.1) is 11.1 Å². The Morgan fingerprint density at radius 2 is 1.75 bits per heavy atom. The molecule has 0 bridgehead atoms. The highest BCUT2D eigenvalue weighted by molar-refractivity contribution is 7.99. The van der Waals surface area contributed by atoms with Crippen LogP contribution in [-0.4, -0.2) is 16.6 Å². The van der Waals surface area contributed by atoms with Crippen LogP contribution in [0, 0.1) is 34.0 Å². The molecule has 4 aromatic rings. The number of anilines is 2. The molecule has 5 rings (SSSR count). The second kappa shape index (κ2) is 11.6. The number of nitriles is 3. The van der Waals surface area contributed by atoms with E-state index in [1.807, 2.05) is 36.4 Å². The number of thiophene rings is 1. The number of nitrogens with two attached hydrogens (primary N) is 1. The van der Waals surface area contributed by atoms with E-state index in [1.54, 1.807) is 0 Å². The topological polar surface area (TPSA) is 139 Å². The number of carbonyl (C=O) groups is 1. The van der Waals surface area contributed by atoms with Gasteiger partial charge in [-0.25, -0.2) is 4.98 Å². The highest BCUT2D eigenvalue weighted by atomic mass is 32.2. The smallest absolute Gasteiger partial charge is 0.225 e. The summed E-state index contributed by atoms with van der Waals surface area (Å²) in [7, 11) is 0. The highest BCUT2D eigenvalue weighted by Gasteiger charge is 2.25. The van der Waals surface area contributed by atoms with Crippen LogP contribution in [-0.2, 0) is 24.1 Å². The molecular weight excluding hydrogens is 537 g/mol. The third-order valence-corrected chi connectivity index (χ3v) is 9.07. The number of nitrogen functional groups attached to an aromatic ring is 1. The largest absolute Gasteiger partial charge is 0.383 e. The number of hydrogen-bond acceptors (Lipinski definition) is 8. The van der Waals surface area contributed by atoms with Gasteiger partial charge in [-0.1, -0.05) is 55.5 Å². The first-order valence-electron chi connectivity index (χ1n) is 12.8. The van der Waals surface area contributed by atoms with Crippen molar-refractivity contribution in [1.82, 2.24) is 4.98 Å². The minimum Gasteiger partial charge on any atom is -0.383 e. The molecule has 9 heteroatoms. The minimum absolute atomic E-state index is 0.0473. The van der Waals surface area contributed by atoms with Gasteiger partial charge in [-0.05, 0) is 47.1 Å². The Labute approximate surface area is 240 Å². The number of amides is 1. The number of aromatic nitrogens is 1. The lowest BCUT2D eigenvalue weighted by Crippen LogP contribution is -2.12. The zero-order chi connectivity index (χ0) is 28.2. The number of aryl methyl sites for hydroxylation is 2. The van der Waals surface area contributed by atoms with Crippen LogP contribution in [0.15, 0.2) is 53.6 Å². The summed E-state index contributed by atoms with van der Waals surface area (Å²) < 4.78 is 0. The first-order valence-corrected chi connectivity index (χ1v) is 14.6. The molecule has 196 valence electrons. The average Bonchev–Trinajstić information content (AvgIpc) is 3.34. The molecule has 0 saturated heterocycles. The number of rotatable bonds is 7. The van der Waals surface area contributed by atoms with Crippen LogP contribution in [0.3, 0.4) is 0 Å². The molecule has 40 heavy (non-hydrogen) atoms. The SMILES string of the molecule is CCc1ccc(-c2c(C#N)c(N)nc(SCCC(=O)Nc3sc4c(c3C#N)CCc3ccccc3-4)c2C#N)cc1. The Morgan fingerprint density at radius 1 is 1.02 bits per heavy atom. The summed E-state index contributed by atoms with van der Waals surface area (Å²) in [6, 6.07) is 22.4. The zero-order valence-electron chi connectivity index (χ0n) is 21.7. The van der Waals surface area contributed by atoms with Crippen molar-refractivity contribution in [1.29, 1.82) is 15.8 Å². The third-order valence-electron chi connectivity index (χ3n) is 6.91. The molecule has 0 fully saturated rings. The lowest BCUT2D eigenvalue weighted by Gasteiger charge is -2.15. The Bertz CT molecular complexity index is 1750. The second-order valence-corrected chi connectivity index (χ2v) is 11.3. The van der Waals surface area contributed by atoms with Gasteiger partial charge in [-0.15, -0.1) is 23.1 Å². The predicted octanol–water partition coefficient (Wildman–Crippen LogP) is 6.46. The van der Waals surface area contributed by atoms with E-state index in [2.05, 4.69) is 47.6 Å². The fourth-order valence-corrected chi connectivity index (χ4v) is 7.09. The van der Waals surface area contributed by atoms with E-state index in [-0.39, 0.29) is 29.3 Å².